The number of carbonyl (C=O) groups is 1. The largest absolute Gasteiger partial charge is 0.388 e. The third-order valence-electron chi connectivity index (χ3n) is 5.52. The summed E-state index contributed by atoms with van der Waals surface area (Å²) in [5, 5.41) is 13.8. The van der Waals surface area contributed by atoms with Gasteiger partial charge in [-0.15, -0.1) is 0 Å². The number of aliphatic hydroxyl groups is 1. The Hall–Kier alpha value is -1.85. The van der Waals surface area contributed by atoms with E-state index in [1.54, 1.807) is 7.11 Å². The lowest BCUT2D eigenvalue weighted by atomic mass is 9.79. The van der Waals surface area contributed by atoms with Crippen molar-refractivity contribution < 1.29 is 14.6 Å². The van der Waals surface area contributed by atoms with Crippen molar-refractivity contribution in [2.75, 3.05) is 20.3 Å². The summed E-state index contributed by atoms with van der Waals surface area (Å²) in [4.78, 5) is 12.9. The summed E-state index contributed by atoms with van der Waals surface area (Å²) in [5.74, 6) is 0.385. The van der Waals surface area contributed by atoms with Gasteiger partial charge < -0.3 is 19.6 Å². The molecule has 0 aromatic carbocycles. The van der Waals surface area contributed by atoms with E-state index in [-0.39, 0.29) is 5.91 Å². The van der Waals surface area contributed by atoms with Crippen LogP contribution in [0.2, 0.25) is 0 Å². The number of carbonyl (C=O) groups excluding carboxylic acids is 1. The number of aryl methyl sites for hydroxylation is 1. The molecular formula is C21H30N2O3. The number of nitrogens with zero attached hydrogens (tertiary/aromatic N) is 1. The van der Waals surface area contributed by atoms with Crippen LogP contribution in [0.3, 0.4) is 0 Å². The molecule has 0 bridgehead atoms. The molecule has 5 nitrogen and oxygen atoms in total. The van der Waals surface area contributed by atoms with E-state index in [1.165, 1.54) is 0 Å². The molecule has 2 N–H and O–H groups in total. The van der Waals surface area contributed by atoms with E-state index in [4.69, 9.17) is 4.74 Å². The molecule has 2 atom stereocenters. The molecule has 0 saturated heterocycles. The van der Waals surface area contributed by atoms with Gasteiger partial charge in [0, 0.05) is 32.0 Å². The second-order valence-corrected chi connectivity index (χ2v) is 7.81. The van der Waals surface area contributed by atoms with Crippen LogP contribution >= 0.6 is 0 Å². The van der Waals surface area contributed by atoms with Gasteiger partial charge in [0.15, 0.2) is 0 Å². The number of ether oxygens (including phenoxy) is 1. The average Bonchev–Trinajstić information content (AvgIpc) is 2.98. The van der Waals surface area contributed by atoms with Crippen LogP contribution in [0.15, 0.2) is 24.4 Å². The number of methoxy groups -OCH3 is 1. The zero-order valence-corrected chi connectivity index (χ0v) is 16.0. The number of fused-ring (bicyclic) bond motifs is 1. The van der Waals surface area contributed by atoms with Crippen LogP contribution in [0.4, 0.5) is 0 Å². The van der Waals surface area contributed by atoms with Crippen LogP contribution in [0.1, 0.15) is 54.2 Å². The van der Waals surface area contributed by atoms with Gasteiger partial charge in [-0.2, -0.15) is 0 Å². The molecule has 1 saturated carbocycles. The van der Waals surface area contributed by atoms with E-state index in [0.29, 0.717) is 24.6 Å². The molecule has 0 unspecified atom stereocenters. The first kappa shape index (κ1) is 18.9. The third kappa shape index (κ3) is 3.94. The van der Waals surface area contributed by atoms with E-state index in [9.17, 15) is 9.90 Å². The average molecular weight is 358 g/mol. The fourth-order valence-electron chi connectivity index (χ4n) is 4.21. The summed E-state index contributed by atoms with van der Waals surface area (Å²) in [6.07, 6.45) is 6.41. The van der Waals surface area contributed by atoms with E-state index in [0.717, 1.165) is 48.9 Å². The van der Waals surface area contributed by atoms with Gasteiger partial charge >= 0.3 is 0 Å². The molecule has 2 heterocycles. The molecule has 1 aliphatic rings. The Labute approximate surface area is 155 Å². The fraction of sp³-hybridized carbons (Fsp3) is 0.571. The van der Waals surface area contributed by atoms with Gasteiger partial charge in [-0.1, -0.05) is 25.8 Å². The zero-order chi connectivity index (χ0) is 18.7. The molecule has 2 aromatic heterocycles. The van der Waals surface area contributed by atoms with Crippen molar-refractivity contribution >= 4 is 11.4 Å². The van der Waals surface area contributed by atoms with Crippen LogP contribution < -0.4 is 5.32 Å². The number of hydrogen-bond acceptors (Lipinski definition) is 3. The van der Waals surface area contributed by atoms with Crippen LogP contribution in [0.25, 0.3) is 5.52 Å². The Kier molecular flexibility index (Phi) is 5.68. The highest BCUT2D eigenvalue weighted by Gasteiger charge is 2.33. The monoisotopic (exact) mass is 358 g/mol. The van der Waals surface area contributed by atoms with Crippen molar-refractivity contribution in [1.82, 2.24) is 9.72 Å². The van der Waals surface area contributed by atoms with Crippen molar-refractivity contribution in [2.24, 2.45) is 5.92 Å². The molecule has 1 aliphatic carbocycles. The fourth-order valence-corrected chi connectivity index (χ4v) is 4.21. The van der Waals surface area contributed by atoms with Crippen molar-refractivity contribution in [3.8, 4) is 0 Å². The zero-order valence-electron chi connectivity index (χ0n) is 16.0. The second kappa shape index (κ2) is 7.80. The maximum Gasteiger partial charge on any atom is 0.253 e. The predicted molar refractivity (Wildman–Crippen MR) is 103 cm³/mol. The van der Waals surface area contributed by atoms with Crippen LogP contribution in [0, 0.1) is 12.8 Å². The number of aromatic nitrogens is 1. The van der Waals surface area contributed by atoms with Gasteiger partial charge in [0.05, 0.1) is 23.3 Å². The number of amides is 1. The number of nitrogens with one attached hydrogen (secondary N) is 1. The van der Waals surface area contributed by atoms with E-state index in [2.05, 4.69) is 16.6 Å². The van der Waals surface area contributed by atoms with E-state index < -0.39 is 5.60 Å². The lowest BCUT2D eigenvalue weighted by Gasteiger charge is -2.35. The molecule has 0 radical (unpaired) electrons. The molecule has 26 heavy (non-hydrogen) atoms. The Morgan fingerprint density at radius 1 is 1.50 bits per heavy atom. The van der Waals surface area contributed by atoms with Gasteiger partial charge in [-0.05, 0) is 43.4 Å². The van der Waals surface area contributed by atoms with E-state index >= 15 is 0 Å². The Balaban J connectivity index is 1.81. The van der Waals surface area contributed by atoms with Gasteiger partial charge in [0.25, 0.3) is 5.91 Å². The SMILES string of the molecule is COCCc1cc(C(=O)NC[C@@]2(O)CCC[C@@H](C)C2)c2c(C)cccn12. The van der Waals surface area contributed by atoms with Gasteiger partial charge in [0.2, 0.25) is 0 Å². The highest BCUT2D eigenvalue weighted by Crippen LogP contribution is 2.31. The minimum atomic E-state index is -0.781. The minimum absolute atomic E-state index is 0.118. The molecule has 5 heteroatoms. The minimum Gasteiger partial charge on any atom is -0.388 e. The summed E-state index contributed by atoms with van der Waals surface area (Å²) < 4.78 is 7.27. The van der Waals surface area contributed by atoms with Crippen molar-refractivity contribution in [3.63, 3.8) is 0 Å². The van der Waals surface area contributed by atoms with Crippen molar-refractivity contribution in [1.29, 1.82) is 0 Å². The number of hydrogen-bond donors (Lipinski definition) is 2. The molecule has 2 aromatic rings. The first-order chi connectivity index (χ1) is 12.4. The summed E-state index contributed by atoms with van der Waals surface area (Å²) >= 11 is 0. The Morgan fingerprint density at radius 2 is 2.31 bits per heavy atom. The molecule has 3 rings (SSSR count). The maximum absolute atomic E-state index is 12.9. The Morgan fingerprint density at radius 3 is 3.04 bits per heavy atom. The summed E-state index contributed by atoms with van der Waals surface area (Å²) in [5.41, 5.74) is 2.94. The lowest BCUT2D eigenvalue weighted by Crippen LogP contribution is -2.45. The van der Waals surface area contributed by atoms with Crippen LogP contribution in [0.5, 0.6) is 0 Å². The Bertz CT molecular complexity index is 783. The lowest BCUT2D eigenvalue weighted by molar-refractivity contribution is -0.0109. The van der Waals surface area contributed by atoms with Crippen LogP contribution in [-0.2, 0) is 11.2 Å². The normalized spacial score (nSPS) is 23.3. The van der Waals surface area contributed by atoms with Gasteiger partial charge in [-0.3, -0.25) is 4.79 Å². The molecule has 0 aliphatic heterocycles. The number of rotatable bonds is 6. The predicted octanol–water partition coefficient (Wildman–Crippen LogP) is 3.11. The van der Waals surface area contributed by atoms with E-state index in [1.807, 2.05) is 31.3 Å². The molecular weight excluding hydrogens is 328 g/mol. The quantitative estimate of drug-likeness (QED) is 0.834. The maximum atomic E-state index is 12.9. The second-order valence-electron chi connectivity index (χ2n) is 7.81. The topological polar surface area (TPSA) is 63.0 Å². The molecule has 0 spiro atoms. The number of pyridine rings is 1. The molecule has 142 valence electrons. The van der Waals surface area contributed by atoms with Gasteiger partial charge in [0.1, 0.15) is 0 Å². The standard InChI is InChI=1S/C21H30N2O3/c1-15-6-4-9-21(25,13-15)14-22-20(24)18-12-17(8-11-26-3)23-10-5-7-16(2)19(18)23/h5,7,10,12,15,25H,4,6,8-9,11,13-14H2,1-3H3,(H,22,24)/t15-,21-/m1/s1. The molecule has 1 amide bonds. The summed E-state index contributed by atoms with van der Waals surface area (Å²) in [6.45, 7) is 5.10. The summed E-state index contributed by atoms with van der Waals surface area (Å²) in [7, 11) is 1.68. The van der Waals surface area contributed by atoms with Crippen LogP contribution in [-0.4, -0.2) is 41.3 Å². The highest BCUT2D eigenvalue weighted by atomic mass is 16.5. The van der Waals surface area contributed by atoms with Gasteiger partial charge in [-0.25, -0.2) is 0 Å². The first-order valence-electron chi connectivity index (χ1n) is 9.52. The molecule has 1 fully saturated rings. The summed E-state index contributed by atoms with van der Waals surface area (Å²) in [6, 6.07) is 5.96. The first-order valence-corrected chi connectivity index (χ1v) is 9.52. The van der Waals surface area contributed by atoms with Crippen molar-refractivity contribution in [2.45, 2.75) is 51.6 Å². The third-order valence-corrected chi connectivity index (χ3v) is 5.52. The highest BCUT2D eigenvalue weighted by molar-refractivity contribution is 6.02. The smallest absolute Gasteiger partial charge is 0.253 e. The van der Waals surface area contributed by atoms with Crippen molar-refractivity contribution in [3.05, 3.63) is 41.2 Å².